The van der Waals surface area contributed by atoms with Gasteiger partial charge in [0.2, 0.25) is 0 Å². The normalized spacial score (nSPS) is 20.6. The lowest BCUT2D eigenvalue weighted by Gasteiger charge is -2.34. The molecule has 0 amide bonds. The van der Waals surface area contributed by atoms with E-state index < -0.39 is 5.67 Å². The fourth-order valence-electron chi connectivity index (χ4n) is 5.63. The Morgan fingerprint density at radius 1 is 0.971 bits per heavy atom. The van der Waals surface area contributed by atoms with Crippen LogP contribution in [0.25, 0.3) is 16.8 Å². The van der Waals surface area contributed by atoms with Crippen molar-refractivity contribution in [3.05, 3.63) is 60.4 Å². The summed E-state index contributed by atoms with van der Waals surface area (Å²) < 4.78 is 13.9. The maximum absolute atomic E-state index is 13.9. The first-order chi connectivity index (χ1) is 16.8. The largest absolute Gasteiger partial charge is 0.370 e. The predicted octanol–water partition coefficient (Wildman–Crippen LogP) is 7.23. The monoisotopic (exact) mass is 477 g/mol. The van der Waals surface area contributed by atoms with Crippen LogP contribution in [0.15, 0.2) is 49.2 Å². The molecule has 0 N–H and O–H groups in total. The number of aromatic nitrogens is 1. The number of likely N-dealkylation sites (tertiary alicyclic amines) is 2. The third-order valence-electron chi connectivity index (χ3n) is 7.89. The van der Waals surface area contributed by atoms with Crippen molar-refractivity contribution >= 4 is 5.70 Å². The molecule has 190 valence electrons. The average Bonchev–Trinajstić information content (AvgIpc) is 3.07. The molecule has 35 heavy (non-hydrogen) atoms. The molecule has 1 atom stereocenters. The fraction of sp³-hybridized carbons (Fsp3) is 0.581. The topological polar surface area (TPSA) is 19.4 Å². The van der Waals surface area contributed by atoms with E-state index >= 15 is 0 Å². The van der Waals surface area contributed by atoms with Crippen LogP contribution in [0.2, 0.25) is 0 Å². The van der Waals surface area contributed by atoms with Crippen LogP contribution >= 0.6 is 0 Å². The Morgan fingerprint density at radius 2 is 1.69 bits per heavy atom. The third-order valence-corrected chi connectivity index (χ3v) is 7.89. The van der Waals surface area contributed by atoms with Crippen LogP contribution in [-0.2, 0) is 6.42 Å². The minimum atomic E-state index is -1.09. The highest BCUT2D eigenvalue weighted by Crippen LogP contribution is 2.27. The zero-order valence-electron chi connectivity index (χ0n) is 22.1. The van der Waals surface area contributed by atoms with Crippen LogP contribution in [0.1, 0.15) is 70.6 Å². The van der Waals surface area contributed by atoms with E-state index in [0.29, 0.717) is 6.54 Å². The molecule has 2 aromatic rings. The van der Waals surface area contributed by atoms with Gasteiger partial charge in [-0.1, -0.05) is 43.8 Å². The van der Waals surface area contributed by atoms with Gasteiger partial charge in [0.25, 0.3) is 0 Å². The lowest BCUT2D eigenvalue weighted by molar-refractivity contribution is 0.0943. The first kappa shape index (κ1) is 25.9. The fourth-order valence-corrected chi connectivity index (χ4v) is 5.63. The zero-order valence-corrected chi connectivity index (χ0v) is 22.1. The minimum Gasteiger partial charge on any atom is -0.370 e. The second-order valence-electron chi connectivity index (χ2n) is 11.6. The number of piperidine rings is 1. The second kappa shape index (κ2) is 11.7. The molecule has 3 heterocycles. The first-order valence-electron chi connectivity index (χ1n) is 13.7. The van der Waals surface area contributed by atoms with Gasteiger partial charge in [0.15, 0.2) is 0 Å². The van der Waals surface area contributed by atoms with Crippen LogP contribution in [0.3, 0.4) is 0 Å². The van der Waals surface area contributed by atoms with Crippen LogP contribution < -0.4 is 0 Å². The quantitative estimate of drug-likeness (QED) is 0.400. The summed E-state index contributed by atoms with van der Waals surface area (Å²) in [5.41, 5.74) is 4.71. The molecule has 2 aliphatic heterocycles. The molecule has 4 heteroatoms. The molecule has 2 aliphatic rings. The molecule has 1 unspecified atom stereocenters. The number of benzene rings is 1. The molecule has 2 fully saturated rings. The Morgan fingerprint density at radius 3 is 2.34 bits per heavy atom. The van der Waals surface area contributed by atoms with Gasteiger partial charge in [-0.15, -0.1) is 0 Å². The van der Waals surface area contributed by atoms with E-state index in [2.05, 4.69) is 59.7 Å². The number of halogens is 1. The summed E-state index contributed by atoms with van der Waals surface area (Å²) in [6, 6.07) is 13.3. The Balaban J connectivity index is 1.26. The Hall–Kier alpha value is -2.20. The zero-order chi connectivity index (χ0) is 24.8. The highest BCUT2D eigenvalue weighted by atomic mass is 19.1. The van der Waals surface area contributed by atoms with Crippen molar-refractivity contribution in [3.63, 3.8) is 0 Å². The van der Waals surface area contributed by atoms with E-state index in [9.17, 15) is 4.39 Å². The van der Waals surface area contributed by atoms with Gasteiger partial charge >= 0.3 is 0 Å². The van der Waals surface area contributed by atoms with Gasteiger partial charge in [0.1, 0.15) is 5.67 Å². The van der Waals surface area contributed by atoms with Gasteiger partial charge in [-0.2, -0.15) is 0 Å². The summed E-state index contributed by atoms with van der Waals surface area (Å²) in [5.74, 6) is 1.56. The number of nitrogens with zero attached hydrogens (tertiary/aromatic N) is 3. The van der Waals surface area contributed by atoms with Crippen molar-refractivity contribution in [2.24, 2.45) is 11.8 Å². The van der Waals surface area contributed by atoms with Crippen molar-refractivity contribution in [1.29, 1.82) is 0 Å². The number of hydrogen-bond acceptors (Lipinski definition) is 3. The highest BCUT2D eigenvalue weighted by Gasteiger charge is 2.25. The van der Waals surface area contributed by atoms with Gasteiger partial charge < -0.3 is 9.80 Å². The van der Waals surface area contributed by atoms with E-state index in [1.54, 1.807) is 13.8 Å². The molecular formula is C31H44FN3. The molecule has 0 aliphatic carbocycles. The molecule has 0 saturated carbocycles. The van der Waals surface area contributed by atoms with Gasteiger partial charge in [-0.05, 0) is 101 Å². The van der Waals surface area contributed by atoms with Gasteiger partial charge in [0, 0.05) is 31.4 Å². The van der Waals surface area contributed by atoms with E-state index in [1.807, 2.05) is 6.20 Å². The maximum Gasteiger partial charge on any atom is 0.118 e. The van der Waals surface area contributed by atoms with Gasteiger partial charge in [0.05, 0.1) is 11.4 Å². The summed E-state index contributed by atoms with van der Waals surface area (Å²) >= 11 is 0. The van der Waals surface area contributed by atoms with Crippen LogP contribution in [-0.4, -0.2) is 53.2 Å². The van der Waals surface area contributed by atoms with Crippen LogP contribution in [0.5, 0.6) is 0 Å². The lowest BCUT2D eigenvalue weighted by atomic mass is 9.90. The Kier molecular flexibility index (Phi) is 8.64. The Labute approximate surface area is 212 Å². The number of pyridine rings is 1. The van der Waals surface area contributed by atoms with E-state index in [0.717, 1.165) is 61.4 Å². The molecular weight excluding hydrogens is 433 g/mol. The minimum absolute atomic E-state index is 0.558. The third kappa shape index (κ3) is 7.64. The lowest BCUT2D eigenvalue weighted by Crippen LogP contribution is -2.41. The predicted molar refractivity (Wildman–Crippen MR) is 146 cm³/mol. The molecule has 2 saturated heterocycles. The van der Waals surface area contributed by atoms with Crippen molar-refractivity contribution in [2.45, 2.75) is 71.4 Å². The number of aryl methyl sites for hydroxylation is 1. The molecule has 3 nitrogen and oxygen atoms in total. The molecule has 1 aromatic heterocycles. The summed E-state index contributed by atoms with van der Waals surface area (Å²) in [5, 5.41) is 0. The van der Waals surface area contributed by atoms with Crippen LogP contribution in [0.4, 0.5) is 4.39 Å². The SMILES string of the molecule is C=C(c1ccc(-c2ccc(CCC3CCN(CC(C)(C)F)CC3)cc2)cn1)N1CCCC(C)CC1. The summed E-state index contributed by atoms with van der Waals surface area (Å²) in [6.07, 6.45) is 10.5. The van der Waals surface area contributed by atoms with E-state index in [-0.39, 0.29) is 0 Å². The Bertz CT molecular complexity index is 937. The van der Waals surface area contributed by atoms with E-state index in [1.165, 1.54) is 49.7 Å². The summed E-state index contributed by atoms with van der Waals surface area (Å²) in [7, 11) is 0. The highest BCUT2D eigenvalue weighted by molar-refractivity contribution is 5.66. The number of hydrogen-bond donors (Lipinski definition) is 0. The summed E-state index contributed by atoms with van der Waals surface area (Å²) in [4.78, 5) is 9.45. The molecule has 1 aromatic carbocycles. The van der Waals surface area contributed by atoms with Crippen molar-refractivity contribution in [2.75, 3.05) is 32.7 Å². The van der Waals surface area contributed by atoms with Crippen molar-refractivity contribution < 1.29 is 4.39 Å². The molecule has 0 spiro atoms. The number of rotatable bonds is 8. The smallest absolute Gasteiger partial charge is 0.118 e. The van der Waals surface area contributed by atoms with E-state index in [4.69, 9.17) is 4.98 Å². The van der Waals surface area contributed by atoms with Crippen molar-refractivity contribution in [1.82, 2.24) is 14.8 Å². The second-order valence-corrected chi connectivity index (χ2v) is 11.6. The average molecular weight is 478 g/mol. The van der Waals surface area contributed by atoms with Crippen LogP contribution in [0, 0.1) is 11.8 Å². The van der Waals surface area contributed by atoms with Gasteiger partial charge in [-0.25, -0.2) is 4.39 Å². The standard InChI is InChI=1S/C31H44FN3/c1-24-6-5-18-35(21-15-24)25(2)30-14-13-29(22-33-30)28-11-9-26(10-12-28)7-8-27-16-19-34(20-17-27)23-31(3,4)32/h9-14,22,24,27H,2,5-8,15-21,23H2,1,3-4H3. The maximum atomic E-state index is 13.9. The molecule has 0 radical (unpaired) electrons. The van der Waals surface area contributed by atoms with Gasteiger partial charge in [-0.3, -0.25) is 4.98 Å². The first-order valence-corrected chi connectivity index (χ1v) is 13.7. The number of alkyl halides is 1. The van der Waals surface area contributed by atoms with Crippen molar-refractivity contribution in [3.8, 4) is 11.1 Å². The molecule has 4 rings (SSSR count). The summed E-state index contributed by atoms with van der Waals surface area (Å²) in [6.45, 7) is 14.9. The molecule has 0 bridgehead atoms.